The number of halogens is 1. The van der Waals surface area contributed by atoms with Gasteiger partial charge in [-0.2, -0.15) is 0 Å². The van der Waals surface area contributed by atoms with E-state index >= 15 is 0 Å². The largest absolute Gasteiger partial charge is 0.385 e. The molecule has 2 unspecified atom stereocenters. The van der Waals surface area contributed by atoms with E-state index in [1.807, 2.05) is 30.3 Å². The minimum absolute atomic E-state index is 0.209. The Kier molecular flexibility index (Phi) is 6.75. The molecule has 0 heterocycles. The molecule has 3 rings (SSSR count). The Hall–Kier alpha value is -1.61. The zero-order valence-corrected chi connectivity index (χ0v) is 17.1. The molecule has 1 saturated carbocycles. The number of rotatable bonds is 5. The first-order chi connectivity index (χ1) is 13.0. The molecule has 2 nitrogen and oxygen atoms in total. The lowest BCUT2D eigenvalue weighted by Gasteiger charge is -2.39. The Morgan fingerprint density at radius 3 is 2.44 bits per heavy atom. The molecule has 1 aliphatic carbocycles. The van der Waals surface area contributed by atoms with Crippen molar-refractivity contribution in [1.29, 1.82) is 0 Å². The van der Waals surface area contributed by atoms with Gasteiger partial charge in [0.15, 0.2) is 0 Å². The summed E-state index contributed by atoms with van der Waals surface area (Å²) in [6.07, 6.45) is 7.13. The van der Waals surface area contributed by atoms with Gasteiger partial charge in [-0.15, -0.1) is 0 Å². The van der Waals surface area contributed by atoms with Gasteiger partial charge in [0.05, 0.1) is 5.60 Å². The molecule has 1 N–H and O–H groups in total. The summed E-state index contributed by atoms with van der Waals surface area (Å²) in [6.45, 7) is 0.885. The highest BCUT2D eigenvalue weighted by Crippen LogP contribution is 2.40. The predicted octanol–water partition coefficient (Wildman–Crippen LogP) is 5.45. The molecule has 2 atom stereocenters. The third kappa shape index (κ3) is 5.22. The quantitative estimate of drug-likeness (QED) is 0.694. The average molecular weight is 384 g/mol. The van der Waals surface area contributed by atoms with Crippen LogP contribution >= 0.6 is 11.6 Å². The maximum absolute atomic E-state index is 12.1. The molecule has 1 aliphatic rings. The van der Waals surface area contributed by atoms with Gasteiger partial charge in [-0.25, -0.2) is 0 Å². The molecule has 0 saturated heterocycles. The fourth-order valence-corrected chi connectivity index (χ4v) is 4.35. The Balaban J connectivity index is 2.01. The van der Waals surface area contributed by atoms with Crippen LogP contribution in [0.3, 0.4) is 0 Å². The summed E-state index contributed by atoms with van der Waals surface area (Å²) in [5.74, 6) is 0.209. The standard InChI is InChI=1S/C24H30ClNO/c1-26(2)18-22-11-7-6-10-21(16-19-8-4-3-5-9-19)24(22,27)17-20-12-14-23(25)15-13-20/h3-5,8-9,12-16,22,27H,6-7,10-11,17-18H2,1-2H3. The maximum Gasteiger partial charge on any atom is 0.0940 e. The molecule has 0 radical (unpaired) electrons. The van der Waals surface area contributed by atoms with Crippen molar-refractivity contribution >= 4 is 17.7 Å². The van der Waals surface area contributed by atoms with Crippen LogP contribution in [0.2, 0.25) is 5.02 Å². The van der Waals surface area contributed by atoms with Crippen molar-refractivity contribution in [2.45, 2.75) is 37.7 Å². The first-order valence-electron chi connectivity index (χ1n) is 9.85. The lowest BCUT2D eigenvalue weighted by molar-refractivity contribution is 0.00517. The number of aliphatic hydroxyl groups is 1. The monoisotopic (exact) mass is 383 g/mol. The van der Waals surface area contributed by atoms with Gasteiger partial charge in [-0.3, -0.25) is 0 Å². The summed E-state index contributed by atoms with van der Waals surface area (Å²) in [7, 11) is 4.18. The molecule has 0 aliphatic heterocycles. The van der Waals surface area contributed by atoms with Crippen LogP contribution in [0.15, 0.2) is 60.2 Å². The minimum atomic E-state index is -0.843. The summed E-state index contributed by atoms with van der Waals surface area (Å²) in [6, 6.07) is 18.3. The fourth-order valence-electron chi connectivity index (χ4n) is 4.23. The Morgan fingerprint density at radius 2 is 1.78 bits per heavy atom. The van der Waals surface area contributed by atoms with Crippen molar-refractivity contribution in [3.8, 4) is 0 Å². The van der Waals surface area contributed by atoms with Crippen molar-refractivity contribution in [1.82, 2.24) is 4.90 Å². The summed E-state index contributed by atoms with van der Waals surface area (Å²) in [5, 5.41) is 12.8. The molecule has 0 aromatic heterocycles. The molecule has 2 aromatic rings. The Labute approximate surface area is 168 Å². The second kappa shape index (κ2) is 9.05. The van der Waals surface area contributed by atoms with Gasteiger partial charge in [-0.05, 0) is 62.2 Å². The molecule has 0 bridgehead atoms. The van der Waals surface area contributed by atoms with Gasteiger partial charge in [-0.1, -0.05) is 66.6 Å². The van der Waals surface area contributed by atoms with E-state index in [9.17, 15) is 5.11 Å². The second-order valence-electron chi connectivity index (χ2n) is 8.01. The second-order valence-corrected chi connectivity index (χ2v) is 8.45. The van der Waals surface area contributed by atoms with Crippen LogP contribution in [0.4, 0.5) is 0 Å². The summed E-state index contributed by atoms with van der Waals surface area (Å²) in [4.78, 5) is 2.20. The van der Waals surface area contributed by atoms with E-state index in [2.05, 4.69) is 49.3 Å². The van der Waals surface area contributed by atoms with E-state index in [0.717, 1.165) is 54.0 Å². The number of nitrogens with zero attached hydrogens (tertiary/aromatic N) is 1. The minimum Gasteiger partial charge on any atom is -0.385 e. The van der Waals surface area contributed by atoms with E-state index in [1.165, 1.54) is 0 Å². The van der Waals surface area contributed by atoms with E-state index < -0.39 is 5.60 Å². The molecule has 144 valence electrons. The molecule has 1 fully saturated rings. The van der Waals surface area contributed by atoms with Gasteiger partial charge in [0.2, 0.25) is 0 Å². The van der Waals surface area contributed by atoms with Crippen molar-refractivity contribution in [3.05, 3.63) is 76.3 Å². The van der Waals surface area contributed by atoms with Gasteiger partial charge >= 0.3 is 0 Å². The van der Waals surface area contributed by atoms with Crippen LogP contribution in [0.25, 0.3) is 6.08 Å². The van der Waals surface area contributed by atoms with Crippen LogP contribution in [-0.2, 0) is 6.42 Å². The average Bonchev–Trinajstić information content (AvgIpc) is 2.78. The smallest absolute Gasteiger partial charge is 0.0940 e. The van der Waals surface area contributed by atoms with Crippen LogP contribution in [0.1, 0.15) is 36.8 Å². The zero-order valence-electron chi connectivity index (χ0n) is 16.4. The number of benzene rings is 2. The SMILES string of the molecule is CN(C)CC1CCCCC(=Cc2ccccc2)C1(O)Cc1ccc(Cl)cc1. The van der Waals surface area contributed by atoms with E-state index in [1.54, 1.807) is 0 Å². The number of hydrogen-bond donors (Lipinski definition) is 1. The van der Waals surface area contributed by atoms with Crippen molar-refractivity contribution in [3.63, 3.8) is 0 Å². The fraction of sp³-hybridized carbons (Fsp3) is 0.417. The van der Waals surface area contributed by atoms with Gasteiger partial charge in [0, 0.05) is 23.9 Å². The van der Waals surface area contributed by atoms with Crippen LogP contribution in [-0.4, -0.2) is 36.2 Å². The van der Waals surface area contributed by atoms with Gasteiger partial charge in [0.25, 0.3) is 0 Å². The molecular formula is C24H30ClNO. The van der Waals surface area contributed by atoms with E-state index in [4.69, 9.17) is 11.6 Å². The Morgan fingerprint density at radius 1 is 1.07 bits per heavy atom. The van der Waals surface area contributed by atoms with Crippen molar-refractivity contribution in [2.75, 3.05) is 20.6 Å². The first-order valence-corrected chi connectivity index (χ1v) is 10.2. The van der Waals surface area contributed by atoms with Crippen LogP contribution in [0, 0.1) is 5.92 Å². The third-order valence-electron chi connectivity index (χ3n) is 5.59. The molecule has 0 spiro atoms. The van der Waals surface area contributed by atoms with Crippen molar-refractivity contribution in [2.24, 2.45) is 5.92 Å². The predicted molar refractivity (Wildman–Crippen MR) is 115 cm³/mol. The van der Waals surface area contributed by atoms with Gasteiger partial charge in [0.1, 0.15) is 0 Å². The van der Waals surface area contributed by atoms with Crippen LogP contribution in [0.5, 0.6) is 0 Å². The highest BCUT2D eigenvalue weighted by atomic mass is 35.5. The van der Waals surface area contributed by atoms with E-state index in [0.29, 0.717) is 6.42 Å². The molecule has 3 heteroatoms. The Bertz CT molecular complexity index is 754. The topological polar surface area (TPSA) is 23.5 Å². The summed E-state index contributed by atoms with van der Waals surface area (Å²) >= 11 is 6.07. The number of hydrogen-bond acceptors (Lipinski definition) is 2. The van der Waals surface area contributed by atoms with Crippen LogP contribution < -0.4 is 0 Å². The summed E-state index contributed by atoms with van der Waals surface area (Å²) in [5.41, 5.74) is 2.61. The normalized spacial score (nSPS) is 24.9. The lowest BCUT2D eigenvalue weighted by atomic mass is 9.75. The molecule has 0 amide bonds. The first kappa shape index (κ1) is 20.1. The maximum atomic E-state index is 12.1. The zero-order chi connectivity index (χ0) is 19.3. The molecular weight excluding hydrogens is 354 g/mol. The van der Waals surface area contributed by atoms with Crippen molar-refractivity contribution < 1.29 is 5.11 Å². The summed E-state index contributed by atoms with van der Waals surface area (Å²) < 4.78 is 0. The third-order valence-corrected chi connectivity index (χ3v) is 5.85. The van der Waals surface area contributed by atoms with E-state index in [-0.39, 0.29) is 5.92 Å². The van der Waals surface area contributed by atoms with Gasteiger partial charge < -0.3 is 10.0 Å². The molecule has 2 aromatic carbocycles. The molecule has 27 heavy (non-hydrogen) atoms. The highest BCUT2D eigenvalue weighted by Gasteiger charge is 2.41. The highest BCUT2D eigenvalue weighted by molar-refractivity contribution is 6.30. The lowest BCUT2D eigenvalue weighted by Crippen LogP contribution is -2.45.